The van der Waals surface area contributed by atoms with Crippen LogP contribution in [0.1, 0.15) is 12.1 Å². The predicted molar refractivity (Wildman–Crippen MR) is 67.4 cm³/mol. The summed E-state index contributed by atoms with van der Waals surface area (Å²) in [5.74, 6) is 6.03. The summed E-state index contributed by atoms with van der Waals surface area (Å²) in [6, 6.07) is 0. The lowest BCUT2D eigenvalue weighted by molar-refractivity contribution is 0.183. The Balaban J connectivity index is 2.04. The zero-order valence-electron chi connectivity index (χ0n) is 10.4. The molecule has 0 spiro atoms. The Morgan fingerprint density at radius 2 is 2.21 bits per heavy atom. The van der Waals surface area contributed by atoms with E-state index in [1.807, 2.05) is 9.69 Å². The summed E-state index contributed by atoms with van der Waals surface area (Å²) < 4.78 is 3.44. The molecule has 0 saturated carbocycles. The Bertz CT molecular complexity index is 589. The van der Waals surface area contributed by atoms with Crippen molar-refractivity contribution in [3.05, 3.63) is 10.7 Å². The van der Waals surface area contributed by atoms with Gasteiger partial charge in [0, 0.05) is 20.1 Å². The van der Waals surface area contributed by atoms with E-state index in [1.54, 1.807) is 11.7 Å². The van der Waals surface area contributed by atoms with Gasteiger partial charge in [-0.05, 0) is 16.8 Å². The van der Waals surface area contributed by atoms with Gasteiger partial charge in [-0.3, -0.25) is 10.5 Å². The molecule has 3 heterocycles. The van der Waals surface area contributed by atoms with Gasteiger partial charge in [0.2, 0.25) is 5.82 Å². The van der Waals surface area contributed by atoms with E-state index in [9.17, 15) is 0 Å². The number of nitrogens with two attached hydrogens (primary N) is 1. The molecule has 0 aliphatic carbocycles. The van der Waals surface area contributed by atoms with Crippen LogP contribution in [0.2, 0.25) is 5.02 Å². The van der Waals surface area contributed by atoms with Crippen molar-refractivity contribution in [3.63, 3.8) is 0 Å². The zero-order valence-corrected chi connectivity index (χ0v) is 11.2. The van der Waals surface area contributed by atoms with Crippen LogP contribution in [0.15, 0.2) is 0 Å². The average Bonchev–Trinajstić information content (AvgIpc) is 2.87. The fraction of sp³-hybridized carbons (Fsp3) is 0.556. The van der Waals surface area contributed by atoms with Crippen LogP contribution < -0.4 is 11.4 Å². The third-order valence-corrected chi connectivity index (χ3v) is 3.54. The van der Waals surface area contributed by atoms with Crippen LogP contribution in [0.3, 0.4) is 0 Å². The van der Waals surface area contributed by atoms with E-state index < -0.39 is 0 Å². The second-order valence-electron chi connectivity index (χ2n) is 4.36. The number of halogens is 1. The normalized spacial score (nSPS) is 16.4. The third kappa shape index (κ3) is 2.10. The topological polar surface area (TPSA) is 103 Å². The van der Waals surface area contributed by atoms with Crippen LogP contribution in [0.25, 0.3) is 11.5 Å². The van der Waals surface area contributed by atoms with Crippen molar-refractivity contribution in [2.75, 3.05) is 6.54 Å². The summed E-state index contributed by atoms with van der Waals surface area (Å²) in [4.78, 5) is 0. The molecule has 0 radical (unpaired) electrons. The molecule has 0 amide bonds. The monoisotopic (exact) mass is 283 g/mol. The lowest BCUT2D eigenvalue weighted by Gasteiger charge is -2.16. The molecule has 0 fully saturated rings. The summed E-state index contributed by atoms with van der Waals surface area (Å²) in [7, 11) is 1.75. The number of nitrogens with zero attached hydrogens (tertiary/aromatic N) is 7. The number of fused-ring (bicyclic) bond motifs is 1. The van der Waals surface area contributed by atoms with Gasteiger partial charge in [0.25, 0.3) is 0 Å². The molecular formula is C9H14ClN9. The minimum atomic E-state index is 0.554. The van der Waals surface area contributed by atoms with E-state index in [0.29, 0.717) is 23.1 Å². The van der Waals surface area contributed by atoms with Crippen molar-refractivity contribution in [2.45, 2.75) is 19.5 Å². The van der Waals surface area contributed by atoms with E-state index in [2.05, 4.69) is 26.2 Å². The maximum atomic E-state index is 6.41. The Morgan fingerprint density at radius 1 is 1.37 bits per heavy atom. The predicted octanol–water partition coefficient (Wildman–Crippen LogP) is -0.689. The first-order valence-electron chi connectivity index (χ1n) is 5.90. The number of hydrazine groups is 2. The molecular weight excluding hydrogens is 270 g/mol. The highest BCUT2D eigenvalue weighted by molar-refractivity contribution is 6.33. The summed E-state index contributed by atoms with van der Waals surface area (Å²) in [6.07, 6.45) is 0.936. The summed E-state index contributed by atoms with van der Waals surface area (Å²) in [5.41, 5.74) is 4.17. The van der Waals surface area contributed by atoms with Gasteiger partial charge in [0.15, 0.2) is 5.69 Å². The second kappa shape index (κ2) is 4.85. The minimum absolute atomic E-state index is 0.554. The fourth-order valence-corrected chi connectivity index (χ4v) is 2.44. The Labute approximate surface area is 114 Å². The van der Waals surface area contributed by atoms with Gasteiger partial charge < -0.3 is 0 Å². The van der Waals surface area contributed by atoms with Crippen LogP contribution in [0.4, 0.5) is 0 Å². The summed E-state index contributed by atoms with van der Waals surface area (Å²) in [5, 5.41) is 18.3. The van der Waals surface area contributed by atoms with E-state index in [-0.39, 0.29) is 0 Å². The van der Waals surface area contributed by atoms with Gasteiger partial charge in [-0.15, -0.1) is 5.10 Å². The van der Waals surface area contributed by atoms with E-state index in [4.69, 9.17) is 17.4 Å². The Kier molecular flexibility index (Phi) is 3.19. The van der Waals surface area contributed by atoms with Crippen LogP contribution >= 0.6 is 11.6 Å². The highest BCUT2D eigenvalue weighted by atomic mass is 35.5. The van der Waals surface area contributed by atoms with Gasteiger partial charge in [-0.1, -0.05) is 11.6 Å². The number of aryl methyl sites for hydroxylation is 2. The van der Waals surface area contributed by atoms with Gasteiger partial charge >= 0.3 is 0 Å². The Hall–Kier alpha value is -1.55. The first kappa shape index (κ1) is 12.5. The molecule has 0 unspecified atom stereocenters. The van der Waals surface area contributed by atoms with Gasteiger partial charge in [0.1, 0.15) is 0 Å². The number of nitrogens with one attached hydrogen (secondary N) is 1. The largest absolute Gasteiger partial charge is 0.266 e. The quantitative estimate of drug-likeness (QED) is 0.555. The molecule has 1 aliphatic rings. The number of aromatic nitrogens is 6. The highest BCUT2D eigenvalue weighted by Crippen LogP contribution is 2.30. The van der Waals surface area contributed by atoms with Crippen molar-refractivity contribution in [1.82, 2.24) is 40.5 Å². The van der Waals surface area contributed by atoms with Crippen molar-refractivity contribution < 1.29 is 0 Å². The van der Waals surface area contributed by atoms with Crippen molar-refractivity contribution in [2.24, 2.45) is 12.9 Å². The number of rotatable bonds is 2. The third-order valence-electron chi connectivity index (χ3n) is 3.15. The van der Waals surface area contributed by atoms with Gasteiger partial charge in [-0.25, -0.2) is 9.69 Å². The lowest BCUT2D eigenvalue weighted by atomic mass is 10.3. The Morgan fingerprint density at radius 3 is 2.89 bits per heavy atom. The van der Waals surface area contributed by atoms with E-state index in [1.165, 1.54) is 0 Å². The van der Waals surface area contributed by atoms with Crippen LogP contribution in [-0.2, 0) is 20.1 Å². The smallest absolute Gasteiger partial charge is 0.203 e. The lowest BCUT2D eigenvalue weighted by Crippen LogP contribution is -2.42. The number of tetrazole rings is 1. The van der Waals surface area contributed by atoms with Crippen molar-refractivity contribution in [1.29, 1.82) is 0 Å². The van der Waals surface area contributed by atoms with E-state index in [0.717, 1.165) is 25.2 Å². The van der Waals surface area contributed by atoms with Gasteiger partial charge in [-0.2, -0.15) is 10.6 Å². The molecule has 3 N–H and O–H groups in total. The first-order valence-corrected chi connectivity index (χ1v) is 6.27. The minimum Gasteiger partial charge on any atom is -0.266 e. The fourth-order valence-electron chi connectivity index (χ4n) is 2.17. The second-order valence-corrected chi connectivity index (χ2v) is 4.74. The number of hydrogen-bond donors (Lipinski definition) is 2. The molecule has 10 heteroatoms. The van der Waals surface area contributed by atoms with Crippen LogP contribution in [0, 0.1) is 0 Å². The van der Waals surface area contributed by atoms with E-state index >= 15 is 0 Å². The first-order chi connectivity index (χ1) is 9.20. The maximum Gasteiger partial charge on any atom is 0.203 e. The van der Waals surface area contributed by atoms with Crippen LogP contribution in [-0.4, -0.2) is 41.5 Å². The summed E-state index contributed by atoms with van der Waals surface area (Å²) in [6.45, 7) is 2.23. The molecule has 19 heavy (non-hydrogen) atoms. The molecule has 0 atom stereocenters. The summed E-state index contributed by atoms with van der Waals surface area (Å²) >= 11 is 6.41. The maximum absolute atomic E-state index is 6.41. The molecule has 2 aromatic rings. The molecule has 2 aromatic heterocycles. The molecule has 0 saturated heterocycles. The molecule has 0 aromatic carbocycles. The molecule has 3 rings (SSSR count). The van der Waals surface area contributed by atoms with Crippen molar-refractivity contribution >= 4 is 11.6 Å². The molecule has 1 aliphatic heterocycles. The van der Waals surface area contributed by atoms with Gasteiger partial charge in [0.05, 0.1) is 17.3 Å². The average molecular weight is 284 g/mol. The standard InChI is InChI=1S/C9H14ClN9/c1-17-9(12-15-16-17)8-7(10)6-5-18(14-11)3-2-4-19(6)13-8/h14H,2-5,11H2,1H3. The van der Waals surface area contributed by atoms with Crippen LogP contribution in [0.5, 0.6) is 0 Å². The molecule has 9 nitrogen and oxygen atoms in total. The molecule has 0 bridgehead atoms. The SMILES string of the molecule is Cn1nnnc1-c1nn2c(c1Cl)CN(NN)CCC2. The number of hydrogen-bond acceptors (Lipinski definition) is 7. The molecule has 102 valence electrons. The zero-order chi connectivity index (χ0) is 13.4. The van der Waals surface area contributed by atoms with Crippen molar-refractivity contribution in [3.8, 4) is 11.5 Å². The highest BCUT2D eigenvalue weighted by Gasteiger charge is 2.24.